The lowest BCUT2D eigenvalue weighted by Gasteiger charge is -2.06. The summed E-state index contributed by atoms with van der Waals surface area (Å²) >= 11 is 0.307. The summed E-state index contributed by atoms with van der Waals surface area (Å²) in [5, 5.41) is 7.39. The molecule has 2 aromatic rings. The number of carbonyl (C=O) groups is 1. The van der Waals surface area contributed by atoms with Crippen molar-refractivity contribution in [3.05, 3.63) is 34.8 Å². The zero-order chi connectivity index (χ0) is 17.6. The Morgan fingerprint density at radius 2 is 2.08 bits per heavy atom. The van der Waals surface area contributed by atoms with Crippen LogP contribution in [0.25, 0.3) is 0 Å². The first-order valence-corrected chi connectivity index (χ1v) is 8.06. The van der Waals surface area contributed by atoms with Gasteiger partial charge in [0, 0.05) is 6.42 Å². The SMILES string of the molecule is Cc1cccc(OCCCCC(=O)Nc2nnc(C(F)(F)F)s2)c1. The van der Waals surface area contributed by atoms with E-state index in [0.717, 1.165) is 11.3 Å². The molecular weight excluding hydrogens is 343 g/mol. The molecule has 0 aliphatic heterocycles. The number of anilines is 1. The van der Waals surface area contributed by atoms with E-state index in [0.29, 0.717) is 30.8 Å². The highest BCUT2D eigenvalue weighted by atomic mass is 32.1. The molecule has 0 unspecified atom stereocenters. The first-order chi connectivity index (χ1) is 11.3. The van der Waals surface area contributed by atoms with Gasteiger partial charge in [-0.2, -0.15) is 13.2 Å². The molecule has 0 fully saturated rings. The van der Waals surface area contributed by atoms with Gasteiger partial charge in [-0.1, -0.05) is 23.5 Å². The van der Waals surface area contributed by atoms with Crippen molar-refractivity contribution in [2.75, 3.05) is 11.9 Å². The van der Waals surface area contributed by atoms with Crippen molar-refractivity contribution in [2.45, 2.75) is 32.4 Å². The number of aromatic nitrogens is 2. The number of alkyl halides is 3. The summed E-state index contributed by atoms with van der Waals surface area (Å²) in [6, 6.07) is 7.64. The highest BCUT2D eigenvalue weighted by Crippen LogP contribution is 2.33. The van der Waals surface area contributed by atoms with Crippen molar-refractivity contribution in [3.8, 4) is 5.75 Å². The second-order valence-corrected chi connectivity index (χ2v) is 6.06. The number of nitrogens with one attached hydrogen (secondary N) is 1. The fraction of sp³-hybridized carbons (Fsp3) is 0.400. The summed E-state index contributed by atoms with van der Waals surface area (Å²) in [6.45, 7) is 2.43. The van der Waals surface area contributed by atoms with E-state index in [1.165, 1.54) is 0 Å². The lowest BCUT2D eigenvalue weighted by Crippen LogP contribution is -2.11. The fourth-order valence-electron chi connectivity index (χ4n) is 1.85. The predicted octanol–water partition coefficient (Wildman–Crippen LogP) is 4.05. The molecule has 0 bridgehead atoms. The Labute approximate surface area is 140 Å². The van der Waals surface area contributed by atoms with Crippen molar-refractivity contribution >= 4 is 22.4 Å². The molecule has 1 N–H and O–H groups in total. The van der Waals surface area contributed by atoms with Crippen LogP contribution in [0.1, 0.15) is 29.8 Å². The van der Waals surface area contributed by atoms with Gasteiger partial charge in [-0.3, -0.25) is 4.79 Å². The molecule has 24 heavy (non-hydrogen) atoms. The number of amides is 1. The molecule has 0 radical (unpaired) electrons. The van der Waals surface area contributed by atoms with E-state index >= 15 is 0 Å². The Hall–Kier alpha value is -2.16. The molecule has 130 valence electrons. The third kappa shape index (κ3) is 5.80. The van der Waals surface area contributed by atoms with Crippen LogP contribution in [0.2, 0.25) is 0 Å². The summed E-state index contributed by atoms with van der Waals surface area (Å²) in [5.74, 6) is 0.378. The quantitative estimate of drug-likeness (QED) is 0.758. The van der Waals surface area contributed by atoms with E-state index in [1.807, 2.05) is 31.2 Å². The molecule has 0 atom stereocenters. The van der Waals surface area contributed by atoms with Gasteiger partial charge in [0.15, 0.2) is 0 Å². The number of nitrogens with zero attached hydrogens (tertiary/aromatic N) is 2. The van der Waals surface area contributed by atoms with Gasteiger partial charge in [0.1, 0.15) is 5.75 Å². The van der Waals surface area contributed by atoms with E-state index in [4.69, 9.17) is 4.74 Å². The average molecular weight is 359 g/mol. The fourth-order valence-corrected chi connectivity index (χ4v) is 2.48. The van der Waals surface area contributed by atoms with Gasteiger partial charge in [0.2, 0.25) is 16.0 Å². The number of unbranched alkanes of at least 4 members (excludes halogenated alkanes) is 1. The van der Waals surface area contributed by atoms with Gasteiger partial charge in [-0.15, -0.1) is 10.2 Å². The van der Waals surface area contributed by atoms with Gasteiger partial charge in [-0.25, -0.2) is 0 Å². The zero-order valence-electron chi connectivity index (χ0n) is 12.9. The number of carbonyl (C=O) groups excluding carboxylic acids is 1. The summed E-state index contributed by atoms with van der Waals surface area (Å²) in [5.41, 5.74) is 1.10. The first kappa shape index (κ1) is 18.2. The summed E-state index contributed by atoms with van der Waals surface area (Å²) in [4.78, 5) is 11.7. The van der Waals surface area contributed by atoms with Crippen LogP contribution in [0.15, 0.2) is 24.3 Å². The predicted molar refractivity (Wildman–Crippen MR) is 84.1 cm³/mol. The molecule has 1 amide bonds. The van der Waals surface area contributed by atoms with Gasteiger partial charge in [-0.05, 0) is 37.5 Å². The minimum Gasteiger partial charge on any atom is -0.494 e. The van der Waals surface area contributed by atoms with Crippen molar-refractivity contribution in [1.29, 1.82) is 0 Å². The molecule has 1 heterocycles. The van der Waals surface area contributed by atoms with Crippen molar-refractivity contribution < 1.29 is 22.7 Å². The maximum Gasteiger partial charge on any atom is 0.445 e. The second kappa shape index (κ2) is 8.09. The molecule has 0 aliphatic rings. The van der Waals surface area contributed by atoms with E-state index in [1.54, 1.807) is 0 Å². The van der Waals surface area contributed by atoms with E-state index in [-0.39, 0.29) is 11.6 Å². The summed E-state index contributed by atoms with van der Waals surface area (Å²) < 4.78 is 42.7. The van der Waals surface area contributed by atoms with E-state index in [9.17, 15) is 18.0 Å². The summed E-state index contributed by atoms with van der Waals surface area (Å²) in [6.07, 6.45) is -3.15. The summed E-state index contributed by atoms with van der Waals surface area (Å²) in [7, 11) is 0. The lowest BCUT2D eigenvalue weighted by molar-refractivity contribution is -0.138. The molecule has 0 spiro atoms. The van der Waals surface area contributed by atoms with Crippen molar-refractivity contribution in [3.63, 3.8) is 0 Å². The molecule has 2 rings (SSSR count). The Morgan fingerprint density at radius 3 is 2.75 bits per heavy atom. The topological polar surface area (TPSA) is 64.1 Å². The van der Waals surface area contributed by atoms with Crippen molar-refractivity contribution in [1.82, 2.24) is 10.2 Å². The van der Waals surface area contributed by atoms with Gasteiger partial charge in [0.25, 0.3) is 0 Å². The average Bonchev–Trinajstić information content (AvgIpc) is 2.95. The molecule has 1 aromatic carbocycles. The largest absolute Gasteiger partial charge is 0.494 e. The first-order valence-electron chi connectivity index (χ1n) is 7.24. The van der Waals surface area contributed by atoms with Crippen LogP contribution in [-0.2, 0) is 11.0 Å². The Balaban J connectivity index is 1.65. The number of aryl methyl sites for hydroxylation is 1. The third-order valence-corrected chi connectivity index (χ3v) is 3.85. The maximum absolute atomic E-state index is 12.4. The molecule has 0 saturated carbocycles. The van der Waals surface area contributed by atoms with Crippen LogP contribution in [0.4, 0.5) is 18.3 Å². The monoisotopic (exact) mass is 359 g/mol. The number of hydrogen-bond acceptors (Lipinski definition) is 5. The van der Waals surface area contributed by atoms with Crippen LogP contribution in [0, 0.1) is 6.92 Å². The second-order valence-electron chi connectivity index (χ2n) is 5.08. The van der Waals surface area contributed by atoms with Gasteiger partial charge < -0.3 is 10.1 Å². The molecule has 0 saturated heterocycles. The van der Waals surface area contributed by atoms with Crippen LogP contribution >= 0.6 is 11.3 Å². The van der Waals surface area contributed by atoms with Gasteiger partial charge in [0.05, 0.1) is 6.61 Å². The normalized spacial score (nSPS) is 11.3. The molecule has 5 nitrogen and oxygen atoms in total. The van der Waals surface area contributed by atoms with Crippen molar-refractivity contribution in [2.24, 2.45) is 0 Å². The number of hydrogen-bond donors (Lipinski definition) is 1. The number of ether oxygens (including phenoxy) is 1. The van der Waals surface area contributed by atoms with Crippen LogP contribution in [0.3, 0.4) is 0 Å². The standard InChI is InChI=1S/C15H16F3N3O2S/c1-10-5-4-6-11(9-10)23-8-3-2-7-12(22)19-14-21-20-13(24-14)15(16,17)18/h4-6,9H,2-3,7-8H2,1H3,(H,19,21,22). The van der Waals surface area contributed by atoms with E-state index < -0.39 is 17.1 Å². The van der Waals surface area contributed by atoms with Crippen LogP contribution in [-0.4, -0.2) is 22.7 Å². The van der Waals surface area contributed by atoms with E-state index in [2.05, 4.69) is 15.5 Å². The number of rotatable bonds is 7. The van der Waals surface area contributed by atoms with Crippen LogP contribution < -0.4 is 10.1 Å². The third-order valence-electron chi connectivity index (χ3n) is 2.97. The zero-order valence-corrected chi connectivity index (χ0v) is 13.7. The molecule has 0 aliphatic carbocycles. The Morgan fingerprint density at radius 1 is 1.29 bits per heavy atom. The number of benzene rings is 1. The number of halogens is 3. The minimum absolute atomic E-state index is 0.150. The van der Waals surface area contributed by atoms with Crippen LogP contribution in [0.5, 0.6) is 5.75 Å². The Bertz CT molecular complexity index is 689. The minimum atomic E-state index is -4.55. The Kier molecular flexibility index (Phi) is 6.13. The molecule has 1 aromatic heterocycles. The lowest BCUT2D eigenvalue weighted by atomic mass is 10.2. The smallest absolute Gasteiger partial charge is 0.445 e. The van der Waals surface area contributed by atoms with Gasteiger partial charge >= 0.3 is 6.18 Å². The maximum atomic E-state index is 12.4. The molecular formula is C15H16F3N3O2S. The highest BCUT2D eigenvalue weighted by molar-refractivity contribution is 7.15. The molecule has 9 heteroatoms. The highest BCUT2D eigenvalue weighted by Gasteiger charge is 2.35.